The van der Waals surface area contributed by atoms with Gasteiger partial charge in [-0.25, -0.2) is 0 Å². The summed E-state index contributed by atoms with van der Waals surface area (Å²) >= 11 is 0. The van der Waals surface area contributed by atoms with Gasteiger partial charge in [0.2, 0.25) is 0 Å². The van der Waals surface area contributed by atoms with E-state index in [9.17, 15) is 4.79 Å². The first-order valence-corrected chi connectivity index (χ1v) is 7.01. The Morgan fingerprint density at radius 3 is 2.32 bits per heavy atom. The fourth-order valence-corrected chi connectivity index (χ4v) is 2.26. The van der Waals surface area contributed by atoms with Crippen molar-refractivity contribution in [3.8, 4) is 0 Å². The summed E-state index contributed by atoms with van der Waals surface area (Å²) in [4.78, 5) is 14.4. The fourth-order valence-electron chi connectivity index (χ4n) is 2.26. The van der Waals surface area contributed by atoms with Crippen molar-refractivity contribution in [2.75, 3.05) is 26.2 Å². The zero-order chi connectivity index (χ0) is 14.3. The highest BCUT2D eigenvalue weighted by molar-refractivity contribution is 5.96. The molecule has 0 heterocycles. The number of ketones is 1. The van der Waals surface area contributed by atoms with E-state index in [1.165, 1.54) is 0 Å². The van der Waals surface area contributed by atoms with Gasteiger partial charge < -0.3 is 10.0 Å². The predicted molar refractivity (Wildman–Crippen MR) is 78.7 cm³/mol. The van der Waals surface area contributed by atoms with E-state index in [0.29, 0.717) is 6.42 Å². The average molecular weight is 263 g/mol. The van der Waals surface area contributed by atoms with E-state index < -0.39 is 0 Å². The number of aliphatic hydroxyl groups excluding tert-OH is 1. The molecule has 0 unspecified atom stereocenters. The highest BCUT2D eigenvalue weighted by Crippen LogP contribution is 2.11. The van der Waals surface area contributed by atoms with Crippen molar-refractivity contribution in [1.29, 1.82) is 0 Å². The summed E-state index contributed by atoms with van der Waals surface area (Å²) in [5.41, 5.74) is 3.09. The molecule has 0 amide bonds. The van der Waals surface area contributed by atoms with Crippen LogP contribution in [0.25, 0.3) is 0 Å². The van der Waals surface area contributed by atoms with E-state index in [1.807, 2.05) is 26.0 Å². The Kier molecular flexibility index (Phi) is 6.74. The molecule has 0 fully saturated rings. The normalized spacial score (nSPS) is 11.0. The van der Waals surface area contributed by atoms with Crippen molar-refractivity contribution in [2.24, 2.45) is 0 Å². The van der Waals surface area contributed by atoms with Gasteiger partial charge in [0, 0.05) is 31.7 Å². The summed E-state index contributed by atoms with van der Waals surface area (Å²) in [5, 5.41) is 8.83. The first-order chi connectivity index (χ1) is 9.06. The molecule has 0 aliphatic heterocycles. The lowest BCUT2D eigenvalue weighted by molar-refractivity contribution is 0.0963. The predicted octanol–water partition coefficient (Wildman–Crippen LogP) is 2.58. The molecule has 0 bridgehead atoms. The molecule has 106 valence electrons. The third kappa shape index (κ3) is 5.53. The zero-order valence-electron chi connectivity index (χ0n) is 12.3. The van der Waals surface area contributed by atoms with Crippen molar-refractivity contribution in [3.63, 3.8) is 0 Å². The number of nitrogens with zero attached hydrogens (tertiary/aromatic N) is 1. The van der Waals surface area contributed by atoms with Crippen LogP contribution in [0.1, 0.15) is 41.3 Å². The molecule has 3 nitrogen and oxygen atoms in total. The molecule has 0 saturated heterocycles. The van der Waals surface area contributed by atoms with Crippen molar-refractivity contribution in [1.82, 2.24) is 4.90 Å². The number of carbonyl (C=O) groups is 1. The van der Waals surface area contributed by atoms with Gasteiger partial charge in [-0.2, -0.15) is 0 Å². The Labute approximate surface area is 116 Å². The summed E-state index contributed by atoms with van der Waals surface area (Å²) in [6.45, 7) is 8.86. The van der Waals surface area contributed by atoms with Gasteiger partial charge in [0.15, 0.2) is 5.78 Å². The molecule has 1 N–H and O–H groups in total. The van der Waals surface area contributed by atoms with E-state index in [1.54, 1.807) is 0 Å². The summed E-state index contributed by atoms with van der Waals surface area (Å²) in [6.07, 6.45) is 1.31. The molecule has 1 aromatic rings. The van der Waals surface area contributed by atoms with Crippen LogP contribution < -0.4 is 0 Å². The smallest absolute Gasteiger partial charge is 0.164 e. The number of hydrogen-bond donors (Lipinski definition) is 1. The van der Waals surface area contributed by atoms with E-state index >= 15 is 0 Å². The molecule has 0 aliphatic rings. The maximum Gasteiger partial charge on any atom is 0.164 e. The third-order valence-corrected chi connectivity index (χ3v) is 3.28. The summed E-state index contributed by atoms with van der Waals surface area (Å²) in [7, 11) is 0. The number of aliphatic hydroxyl groups is 1. The Hall–Kier alpha value is -1.19. The van der Waals surface area contributed by atoms with Gasteiger partial charge >= 0.3 is 0 Å². The highest BCUT2D eigenvalue weighted by atomic mass is 16.3. The molecule has 0 radical (unpaired) electrons. The maximum absolute atomic E-state index is 12.2. The first-order valence-electron chi connectivity index (χ1n) is 7.01. The largest absolute Gasteiger partial charge is 0.396 e. The van der Waals surface area contributed by atoms with Gasteiger partial charge in [0.1, 0.15) is 0 Å². The quantitative estimate of drug-likeness (QED) is 0.733. The monoisotopic (exact) mass is 263 g/mol. The first kappa shape index (κ1) is 15.9. The van der Waals surface area contributed by atoms with Crippen molar-refractivity contribution in [2.45, 2.75) is 33.6 Å². The molecule has 0 atom stereocenters. The van der Waals surface area contributed by atoms with E-state index in [2.05, 4.69) is 17.9 Å². The van der Waals surface area contributed by atoms with Crippen LogP contribution in [0.4, 0.5) is 0 Å². The topological polar surface area (TPSA) is 40.5 Å². The van der Waals surface area contributed by atoms with E-state index in [-0.39, 0.29) is 12.4 Å². The van der Waals surface area contributed by atoms with Crippen LogP contribution in [0.2, 0.25) is 0 Å². The van der Waals surface area contributed by atoms with Crippen LogP contribution in [0.3, 0.4) is 0 Å². The van der Waals surface area contributed by atoms with Gasteiger partial charge in [0.05, 0.1) is 0 Å². The Bertz CT molecular complexity index is 395. The van der Waals surface area contributed by atoms with Crippen LogP contribution in [0, 0.1) is 13.8 Å². The van der Waals surface area contributed by atoms with Crippen LogP contribution >= 0.6 is 0 Å². The maximum atomic E-state index is 12.2. The molecule has 19 heavy (non-hydrogen) atoms. The second-order valence-electron chi connectivity index (χ2n) is 5.06. The Balaban J connectivity index is 2.54. The number of carbonyl (C=O) groups excluding carboxylic acids is 1. The average Bonchev–Trinajstić information content (AvgIpc) is 2.37. The van der Waals surface area contributed by atoms with E-state index in [0.717, 1.165) is 42.7 Å². The van der Waals surface area contributed by atoms with Gasteiger partial charge in [-0.1, -0.05) is 24.1 Å². The van der Waals surface area contributed by atoms with Crippen molar-refractivity contribution < 1.29 is 9.90 Å². The minimum absolute atomic E-state index is 0.203. The van der Waals surface area contributed by atoms with Crippen LogP contribution in [0.5, 0.6) is 0 Å². The number of rotatable bonds is 8. The molecule has 0 aliphatic carbocycles. The highest BCUT2D eigenvalue weighted by Gasteiger charge is 2.09. The molecule has 0 saturated carbocycles. The molecular weight excluding hydrogens is 238 g/mol. The summed E-state index contributed by atoms with van der Waals surface area (Å²) in [6, 6.07) is 6.00. The molecular formula is C16H25NO2. The SMILES string of the molecule is CCN(CCCO)CCC(=O)c1cc(C)cc(C)c1. The summed E-state index contributed by atoms with van der Waals surface area (Å²) < 4.78 is 0. The Morgan fingerprint density at radius 2 is 1.79 bits per heavy atom. The number of benzene rings is 1. The van der Waals surface area contributed by atoms with Crippen molar-refractivity contribution in [3.05, 3.63) is 34.9 Å². The van der Waals surface area contributed by atoms with Crippen molar-refractivity contribution >= 4 is 5.78 Å². The summed E-state index contributed by atoms with van der Waals surface area (Å²) in [5.74, 6) is 0.203. The third-order valence-electron chi connectivity index (χ3n) is 3.28. The second kappa shape index (κ2) is 8.08. The van der Waals surface area contributed by atoms with E-state index in [4.69, 9.17) is 5.11 Å². The fraction of sp³-hybridized carbons (Fsp3) is 0.562. The van der Waals surface area contributed by atoms with Gasteiger partial charge in [-0.15, -0.1) is 0 Å². The Morgan fingerprint density at radius 1 is 1.16 bits per heavy atom. The van der Waals surface area contributed by atoms with Crippen LogP contribution in [-0.2, 0) is 0 Å². The van der Waals surface area contributed by atoms with Crippen LogP contribution in [0.15, 0.2) is 18.2 Å². The molecule has 1 aromatic carbocycles. The number of aryl methyl sites for hydroxylation is 2. The molecule has 1 rings (SSSR count). The van der Waals surface area contributed by atoms with Gasteiger partial charge in [0.25, 0.3) is 0 Å². The second-order valence-corrected chi connectivity index (χ2v) is 5.06. The number of Topliss-reactive ketones (excluding diaryl/α,β-unsaturated/α-hetero) is 1. The molecule has 0 aromatic heterocycles. The lowest BCUT2D eigenvalue weighted by Gasteiger charge is -2.19. The minimum atomic E-state index is 0.203. The van der Waals surface area contributed by atoms with Crippen LogP contribution in [-0.4, -0.2) is 42.0 Å². The molecule has 3 heteroatoms. The minimum Gasteiger partial charge on any atom is -0.396 e. The number of hydrogen-bond acceptors (Lipinski definition) is 3. The lowest BCUT2D eigenvalue weighted by atomic mass is 10.0. The van der Waals surface area contributed by atoms with Gasteiger partial charge in [-0.05, 0) is 38.9 Å². The zero-order valence-corrected chi connectivity index (χ0v) is 12.3. The lowest BCUT2D eigenvalue weighted by Crippen LogP contribution is -2.27. The standard InChI is InChI=1S/C16H25NO2/c1-4-17(7-5-9-18)8-6-16(19)15-11-13(2)10-14(3)12-15/h10-12,18H,4-9H2,1-3H3. The molecule has 0 spiro atoms. The van der Waals surface area contributed by atoms with Gasteiger partial charge in [-0.3, -0.25) is 4.79 Å².